The molecule has 3 rings (SSSR count). The van der Waals surface area contributed by atoms with Crippen molar-refractivity contribution in [2.45, 2.75) is 32.4 Å². The number of hydrogen-bond acceptors (Lipinski definition) is 5. The molecule has 0 bridgehead atoms. The second kappa shape index (κ2) is 10.3. The first kappa shape index (κ1) is 21.2. The van der Waals surface area contributed by atoms with Crippen LogP contribution in [0.3, 0.4) is 0 Å². The van der Waals surface area contributed by atoms with Gasteiger partial charge in [-0.05, 0) is 49.6 Å². The maximum absolute atomic E-state index is 12.0. The molecule has 0 aliphatic carbocycles. The Hall–Kier alpha value is -3.49. The highest BCUT2D eigenvalue weighted by Crippen LogP contribution is 2.13. The van der Waals surface area contributed by atoms with E-state index in [1.165, 1.54) is 6.26 Å². The van der Waals surface area contributed by atoms with Crippen molar-refractivity contribution in [1.82, 2.24) is 10.2 Å². The van der Waals surface area contributed by atoms with Gasteiger partial charge in [0.15, 0.2) is 11.7 Å². The zero-order valence-electron chi connectivity index (χ0n) is 17.0. The van der Waals surface area contributed by atoms with Crippen LogP contribution in [-0.2, 0) is 11.3 Å². The van der Waals surface area contributed by atoms with Gasteiger partial charge in [0.1, 0.15) is 0 Å². The number of nitrogens with one attached hydrogen (secondary N) is 2. The van der Waals surface area contributed by atoms with Crippen LogP contribution in [0.5, 0.6) is 0 Å². The molecule has 1 aromatic heterocycles. The van der Waals surface area contributed by atoms with E-state index in [1.54, 1.807) is 36.1 Å². The number of amides is 2. The molecule has 0 atom stereocenters. The Morgan fingerprint density at radius 2 is 1.97 bits per heavy atom. The van der Waals surface area contributed by atoms with Crippen molar-refractivity contribution in [1.29, 1.82) is 0 Å². The molecule has 160 valence electrons. The van der Waals surface area contributed by atoms with Gasteiger partial charge >= 0.3 is 6.09 Å². The zero-order chi connectivity index (χ0) is 21.3. The molecule has 4 N–H and O–H groups in total. The summed E-state index contributed by atoms with van der Waals surface area (Å²) in [7, 11) is 0. The lowest BCUT2D eigenvalue weighted by molar-refractivity contribution is 0.0961. The van der Waals surface area contributed by atoms with E-state index in [1.807, 2.05) is 12.1 Å². The minimum atomic E-state index is -0.298. The van der Waals surface area contributed by atoms with Crippen LogP contribution in [0, 0.1) is 0 Å². The molecule has 2 heterocycles. The Labute approximate surface area is 175 Å². The number of aliphatic imine (C=N–C) groups is 1. The lowest BCUT2D eigenvalue weighted by Crippen LogP contribution is -2.48. The second-order valence-electron chi connectivity index (χ2n) is 6.93. The number of piperidine rings is 1. The smallest absolute Gasteiger partial charge is 0.409 e. The Kier molecular flexibility index (Phi) is 7.31. The third-order valence-corrected chi connectivity index (χ3v) is 4.76. The van der Waals surface area contributed by atoms with Crippen molar-refractivity contribution in [2.75, 3.05) is 25.0 Å². The molecule has 30 heavy (non-hydrogen) atoms. The first-order chi connectivity index (χ1) is 14.5. The maximum atomic E-state index is 12.0. The van der Waals surface area contributed by atoms with E-state index >= 15 is 0 Å². The number of likely N-dealkylation sites (tertiary alicyclic amines) is 1. The third kappa shape index (κ3) is 6.00. The quantitative estimate of drug-likeness (QED) is 0.494. The van der Waals surface area contributed by atoms with Crippen LogP contribution in [0.15, 0.2) is 52.1 Å². The lowest BCUT2D eigenvalue weighted by Gasteiger charge is -2.31. The first-order valence-electron chi connectivity index (χ1n) is 9.97. The van der Waals surface area contributed by atoms with Crippen molar-refractivity contribution in [3.8, 4) is 0 Å². The van der Waals surface area contributed by atoms with Gasteiger partial charge in [-0.3, -0.25) is 4.79 Å². The summed E-state index contributed by atoms with van der Waals surface area (Å²) in [6.07, 6.45) is 2.78. The van der Waals surface area contributed by atoms with E-state index in [0.717, 1.165) is 18.4 Å². The van der Waals surface area contributed by atoms with Gasteiger partial charge in [-0.25, -0.2) is 9.79 Å². The van der Waals surface area contributed by atoms with Crippen LogP contribution < -0.4 is 16.4 Å². The van der Waals surface area contributed by atoms with Gasteiger partial charge in [-0.2, -0.15) is 0 Å². The van der Waals surface area contributed by atoms with Crippen molar-refractivity contribution in [3.63, 3.8) is 0 Å². The SMILES string of the molecule is CCOC(=O)N1CCC(NC(N)=NCc2ccc(NC(=O)c3ccco3)cc2)CC1. The van der Waals surface area contributed by atoms with E-state index in [0.29, 0.717) is 37.9 Å². The van der Waals surface area contributed by atoms with Crippen LogP contribution in [0.2, 0.25) is 0 Å². The number of hydrogen-bond donors (Lipinski definition) is 3. The fourth-order valence-electron chi connectivity index (χ4n) is 3.15. The highest BCUT2D eigenvalue weighted by molar-refractivity contribution is 6.02. The molecule has 0 radical (unpaired) electrons. The number of carbonyl (C=O) groups excluding carboxylic acids is 2. The van der Waals surface area contributed by atoms with E-state index in [9.17, 15) is 9.59 Å². The standard InChI is InChI=1S/C21H27N5O4/c1-2-29-21(28)26-11-9-17(10-12-26)25-20(22)23-14-15-5-7-16(8-6-15)24-19(27)18-4-3-13-30-18/h3-8,13,17H,2,9-12,14H2,1H3,(H,24,27)(H3,22,23,25). The minimum Gasteiger partial charge on any atom is -0.459 e. The number of guanidine groups is 1. The molecular formula is C21H27N5O4. The van der Waals surface area contributed by atoms with Crippen LogP contribution in [0.4, 0.5) is 10.5 Å². The Morgan fingerprint density at radius 1 is 1.23 bits per heavy atom. The molecule has 9 nitrogen and oxygen atoms in total. The lowest BCUT2D eigenvalue weighted by atomic mass is 10.1. The molecule has 0 unspecified atom stereocenters. The zero-order valence-corrected chi connectivity index (χ0v) is 17.0. The first-order valence-corrected chi connectivity index (χ1v) is 9.97. The molecule has 0 saturated carbocycles. The summed E-state index contributed by atoms with van der Waals surface area (Å²) in [6, 6.07) is 10.8. The van der Waals surface area contributed by atoms with Crippen molar-refractivity contribution >= 4 is 23.6 Å². The average molecular weight is 413 g/mol. The predicted molar refractivity (Wildman–Crippen MR) is 113 cm³/mol. The van der Waals surface area contributed by atoms with Gasteiger partial charge in [0, 0.05) is 24.8 Å². The number of nitrogens with zero attached hydrogens (tertiary/aromatic N) is 2. The number of carbonyl (C=O) groups is 2. The van der Waals surface area contributed by atoms with Gasteiger partial charge in [-0.15, -0.1) is 0 Å². The number of rotatable bonds is 6. The van der Waals surface area contributed by atoms with Crippen molar-refractivity contribution in [2.24, 2.45) is 10.7 Å². The Bertz CT molecular complexity index is 856. The van der Waals surface area contributed by atoms with Crippen LogP contribution >= 0.6 is 0 Å². The molecule has 1 aromatic carbocycles. The average Bonchev–Trinajstić information content (AvgIpc) is 3.29. The van der Waals surface area contributed by atoms with E-state index in [-0.39, 0.29) is 23.8 Å². The monoisotopic (exact) mass is 413 g/mol. The summed E-state index contributed by atoms with van der Waals surface area (Å²) < 4.78 is 10.1. The van der Waals surface area contributed by atoms with Gasteiger partial charge in [0.25, 0.3) is 5.91 Å². The Balaban J connectivity index is 1.43. The molecule has 2 aromatic rings. The predicted octanol–water partition coefficient (Wildman–Crippen LogP) is 2.56. The summed E-state index contributed by atoms with van der Waals surface area (Å²) in [5, 5.41) is 5.98. The Morgan fingerprint density at radius 3 is 2.60 bits per heavy atom. The van der Waals surface area contributed by atoms with E-state index in [4.69, 9.17) is 14.9 Å². The summed E-state index contributed by atoms with van der Waals surface area (Å²) in [5.41, 5.74) is 7.65. The largest absolute Gasteiger partial charge is 0.459 e. The molecule has 1 fully saturated rings. The highest BCUT2D eigenvalue weighted by atomic mass is 16.6. The molecule has 9 heteroatoms. The molecule has 1 aliphatic heterocycles. The van der Waals surface area contributed by atoms with Gasteiger partial charge in [0.2, 0.25) is 0 Å². The fourth-order valence-corrected chi connectivity index (χ4v) is 3.15. The molecular weight excluding hydrogens is 386 g/mol. The number of anilines is 1. The number of ether oxygens (including phenoxy) is 1. The topological polar surface area (TPSA) is 122 Å². The van der Waals surface area contributed by atoms with Crippen LogP contribution in [0.1, 0.15) is 35.9 Å². The van der Waals surface area contributed by atoms with E-state index < -0.39 is 0 Å². The summed E-state index contributed by atoms with van der Waals surface area (Å²) in [6.45, 7) is 3.87. The molecule has 1 saturated heterocycles. The van der Waals surface area contributed by atoms with Crippen molar-refractivity contribution < 1.29 is 18.7 Å². The highest BCUT2D eigenvalue weighted by Gasteiger charge is 2.23. The second-order valence-corrected chi connectivity index (χ2v) is 6.93. The fraction of sp³-hybridized carbons (Fsp3) is 0.381. The van der Waals surface area contributed by atoms with Gasteiger partial charge in [0.05, 0.1) is 19.4 Å². The van der Waals surface area contributed by atoms with Crippen molar-refractivity contribution in [3.05, 3.63) is 54.0 Å². The number of nitrogens with two attached hydrogens (primary N) is 1. The van der Waals surface area contributed by atoms with Gasteiger partial charge in [-0.1, -0.05) is 12.1 Å². The summed E-state index contributed by atoms with van der Waals surface area (Å²) >= 11 is 0. The number of furan rings is 1. The molecule has 1 aliphatic rings. The summed E-state index contributed by atoms with van der Waals surface area (Å²) in [4.78, 5) is 29.8. The van der Waals surface area contributed by atoms with Gasteiger partial charge < -0.3 is 30.4 Å². The van der Waals surface area contributed by atoms with E-state index in [2.05, 4.69) is 15.6 Å². The molecule has 0 spiro atoms. The minimum absolute atomic E-state index is 0.179. The maximum Gasteiger partial charge on any atom is 0.409 e. The normalized spacial score (nSPS) is 15.0. The molecule has 2 amide bonds. The van der Waals surface area contributed by atoms with Crippen LogP contribution in [-0.4, -0.2) is 48.6 Å². The van der Waals surface area contributed by atoms with Crippen LogP contribution in [0.25, 0.3) is 0 Å². The summed E-state index contributed by atoms with van der Waals surface area (Å²) in [5.74, 6) is 0.337. The third-order valence-electron chi connectivity index (χ3n) is 4.76. The number of benzene rings is 1.